The lowest BCUT2D eigenvalue weighted by Crippen LogP contribution is -2.39. The Hall–Kier alpha value is -1.57. The molecule has 0 radical (unpaired) electrons. The smallest absolute Gasteiger partial charge is 0.326 e. The second-order valence-electron chi connectivity index (χ2n) is 4.63. The van der Waals surface area contributed by atoms with Crippen LogP contribution in [0, 0.1) is 0 Å². The van der Waals surface area contributed by atoms with Crippen molar-refractivity contribution in [3.8, 4) is 0 Å². The lowest BCUT2D eigenvalue weighted by Gasteiger charge is -2.12. The maximum Gasteiger partial charge on any atom is 0.326 e. The van der Waals surface area contributed by atoms with Crippen molar-refractivity contribution < 1.29 is 19.2 Å². The Bertz CT molecular complexity index is 461. The first kappa shape index (κ1) is 16.5. The minimum atomic E-state index is -1.03. The van der Waals surface area contributed by atoms with Gasteiger partial charge in [0.1, 0.15) is 6.04 Å². The zero-order valence-electron chi connectivity index (χ0n) is 11.8. The molecule has 0 aliphatic carbocycles. The van der Waals surface area contributed by atoms with Crippen molar-refractivity contribution in [1.82, 2.24) is 15.5 Å². The topological polar surface area (TPSA) is 105 Å². The summed E-state index contributed by atoms with van der Waals surface area (Å²) in [5.41, 5.74) is 0. The van der Waals surface area contributed by atoms with E-state index >= 15 is 0 Å². The van der Waals surface area contributed by atoms with E-state index < -0.39 is 12.0 Å². The van der Waals surface area contributed by atoms with Crippen LogP contribution >= 0.6 is 11.8 Å². The molecule has 2 N–H and O–H groups in total. The average Bonchev–Trinajstić information content (AvgIpc) is 2.81. The van der Waals surface area contributed by atoms with Gasteiger partial charge >= 0.3 is 5.97 Å². The van der Waals surface area contributed by atoms with Crippen LogP contribution in [0.25, 0.3) is 0 Å². The van der Waals surface area contributed by atoms with Gasteiger partial charge in [0.25, 0.3) is 0 Å². The van der Waals surface area contributed by atoms with Gasteiger partial charge in [-0.2, -0.15) is 16.7 Å². The van der Waals surface area contributed by atoms with E-state index in [1.807, 2.05) is 13.8 Å². The molecule has 1 atom stereocenters. The molecule has 20 heavy (non-hydrogen) atoms. The molecule has 1 aromatic heterocycles. The van der Waals surface area contributed by atoms with Crippen molar-refractivity contribution in [2.24, 2.45) is 0 Å². The van der Waals surface area contributed by atoms with E-state index in [0.717, 1.165) is 0 Å². The molecule has 112 valence electrons. The van der Waals surface area contributed by atoms with Gasteiger partial charge in [-0.1, -0.05) is 19.0 Å². The van der Waals surface area contributed by atoms with E-state index in [1.165, 1.54) is 18.7 Å². The number of carbonyl (C=O) groups is 2. The van der Waals surface area contributed by atoms with E-state index in [-0.39, 0.29) is 11.8 Å². The normalized spacial score (nSPS) is 12.4. The van der Waals surface area contributed by atoms with Crippen molar-refractivity contribution in [3.05, 3.63) is 11.7 Å². The molecular weight excluding hydrogens is 282 g/mol. The molecule has 0 saturated heterocycles. The Labute approximate surface area is 121 Å². The molecule has 0 aliphatic rings. The molecule has 1 rings (SSSR count). The number of rotatable bonds is 8. The number of carbonyl (C=O) groups excluding carboxylic acids is 1. The highest BCUT2D eigenvalue weighted by atomic mass is 32.2. The summed E-state index contributed by atoms with van der Waals surface area (Å²) in [7, 11) is 0. The van der Waals surface area contributed by atoms with Crippen LogP contribution in [0.1, 0.15) is 44.8 Å². The number of hydrogen-bond acceptors (Lipinski definition) is 6. The number of thioether (sulfide) groups is 1. The van der Waals surface area contributed by atoms with E-state index in [2.05, 4.69) is 15.5 Å². The third kappa shape index (κ3) is 5.60. The van der Waals surface area contributed by atoms with Crippen LogP contribution in [0.5, 0.6) is 0 Å². The van der Waals surface area contributed by atoms with Gasteiger partial charge in [-0.15, -0.1) is 0 Å². The van der Waals surface area contributed by atoms with Gasteiger partial charge < -0.3 is 14.9 Å². The minimum Gasteiger partial charge on any atom is -0.480 e. The number of nitrogens with one attached hydrogen (secondary N) is 1. The quantitative estimate of drug-likeness (QED) is 0.699. The number of nitrogens with zero attached hydrogens (tertiary/aromatic N) is 2. The maximum absolute atomic E-state index is 10.9. The summed E-state index contributed by atoms with van der Waals surface area (Å²) in [6.45, 7) is 5.26. The van der Waals surface area contributed by atoms with Crippen molar-refractivity contribution in [2.75, 3.05) is 5.75 Å². The largest absolute Gasteiger partial charge is 0.480 e. The van der Waals surface area contributed by atoms with Crippen LogP contribution in [0.3, 0.4) is 0 Å². The zero-order chi connectivity index (χ0) is 15.1. The average molecular weight is 301 g/mol. The van der Waals surface area contributed by atoms with Gasteiger partial charge in [0.05, 0.1) is 5.75 Å². The summed E-state index contributed by atoms with van der Waals surface area (Å²) in [6.07, 6.45) is 0.352. The molecule has 1 heterocycles. The lowest BCUT2D eigenvalue weighted by molar-refractivity contribution is -0.141. The van der Waals surface area contributed by atoms with Gasteiger partial charge in [0, 0.05) is 12.8 Å². The number of hydrogen-bond donors (Lipinski definition) is 2. The molecule has 0 spiro atoms. The van der Waals surface area contributed by atoms with Crippen molar-refractivity contribution >= 4 is 23.6 Å². The van der Waals surface area contributed by atoms with Gasteiger partial charge in [0.2, 0.25) is 11.8 Å². The van der Waals surface area contributed by atoms with Crippen molar-refractivity contribution in [1.29, 1.82) is 0 Å². The van der Waals surface area contributed by atoms with Gasteiger partial charge in [0.15, 0.2) is 5.82 Å². The summed E-state index contributed by atoms with van der Waals surface area (Å²) < 4.78 is 5.08. The van der Waals surface area contributed by atoms with Crippen LogP contribution in [0.15, 0.2) is 4.52 Å². The second kappa shape index (κ2) is 7.88. The fraction of sp³-hybridized carbons (Fsp3) is 0.667. The highest BCUT2D eigenvalue weighted by molar-refractivity contribution is 7.98. The molecule has 1 aromatic rings. The standard InChI is InChI=1S/C12H19N3O4S/c1-7(2)11-14-10(19-15-11)6-20-5-4-9(12(17)18)13-8(3)16/h7,9H,4-6H2,1-3H3,(H,13,16)(H,17,18). The van der Waals surface area contributed by atoms with E-state index in [4.69, 9.17) is 9.63 Å². The Morgan fingerprint density at radius 3 is 2.65 bits per heavy atom. The first-order valence-electron chi connectivity index (χ1n) is 6.30. The van der Waals surface area contributed by atoms with Gasteiger partial charge in [-0.25, -0.2) is 4.79 Å². The molecule has 1 amide bonds. The van der Waals surface area contributed by atoms with Gasteiger partial charge in [-0.05, 0) is 12.2 Å². The summed E-state index contributed by atoms with van der Waals surface area (Å²) in [6, 6.07) is -0.853. The Morgan fingerprint density at radius 2 is 2.15 bits per heavy atom. The third-order valence-electron chi connectivity index (χ3n) is 2.45. The van der Waals surface area contributed by atoms with Crippen LogP contribution in [-0.4, -0.2) is 38.9 Å². The second-order valence-corrected chi connectivity index (χ2v) is 5.74. The highest BCUT2D eigenvalue weighted by Gasteiger charge is 2.18. The number of amides is 1. The molecule has 7 nitrogen and oxygen atoms in total. The fourth-order valence-electron chi connectivity index (χ4n) is 1.42. The third-order valence-corrected chi connectivity index (χ3v) is 3.43. The number of aliphatic carboxylic acids is 1. The van der Waals surface area contributed by atoms with Crippen LogP contribution in [0.2, 0.25) is 0 Å². The summed E-state index contributed by atoms with van der Waals surface area (Å²) in [5.74, 6) is 1.16. The van der Waals surface area contributed by atoms with Crippen molar-refractivity contribution in [2.45, 2.75) is 44.9 Å². The fourth-order valence-corrected chi connectivity index (χ4v) is 2.26. The number of aromatic nitrogens is 2. The van der Waals surface area contributed by atoms with E-state index in [1.54, 1.807) is 0 Å². The Morgan fingerprint density at radius 1 is 1.45 bits per heavy atom. The van der Waals surface area contributed by atoms with Gasteiger partial charge in [-0.3, -0.25) is 4.79 Å². The molecule has 1 unspecified atom stereocenters. The summed E-state index contributed by atoms with van der Waals surface area (Å²) in [5, 5.41) is 15.2. The Balaban J connectivity index is 2.32. The summed E-state index contributed by atoms with van der Waals surface area (Å²) >= 11 is 1.49. The molecular formula is C12H19N3O4S. The Kier molecular flexibility index (Phi) is 6.50. The van der Waals surface area contributed by atoms with Crippen LogP contribution in [0.4, 0.5) is 0 Å². The monoisotopic (exact) mass is 301 g/mol. The molecule has 0 bridgehead atoms. The highest BCUT2D eigenvalue weighted by Crippen LogP contribution is 2.15. The number of carboxylic acid groups (broad SMARTS) is 1. The predicted octanol–water partition coefficient (Wildman–Crippen LogP) is 1.41. The van der Waals surface area contributed by atoms with E-state index in [9.17, 15) is 9.59 Å². The molecule has 0 fully saturated rings. The first-order chi connectivity index (χ1) is 9.40. The van der Waals surface area contributed by atoms with Crippen LogP contribution < -0.4 is 5.32 Å². The molecule has 0 aromatic carbocycles. The number of carboxylic acids is 1. The molecule has 8 heteroatoms. The molecule has 0 aliphatic heterocycles. The minimum absolute atomic E-state index is 0.216. The van der Waals surface area contributed by atoms with Crippen molar-refractivity contribution in [3.63, 3.8) is 0 Å². The zero-order valence-corrected chi connectivity index (χ0v) is 12.6. The first-order valence-corrected chi connectivity index (χ1v) is 7.45. The lowest BCUT2D eigenvalue weighted by atomic mass is 10.2. The predicted molar refractivity (Wildman–Crippen MR) is 74.4 cm³/mol. The SMILES string of the molecule is CC(=O)NC(CCSCc1nc(C(C)C)no1)C(=O)O. The van der Waals surface area contributed by atoms with Crippen LogP contribution in [-0.2, 0) is 15.3 Å². The van der Waals surface area contributed by atoms with E-state index in [0.29, 0.717) is 29.6 Å². The summed E-state index contributed by atoms with van der Waals surface area (Å²) in [4.78, 5) is 26.0. The maximum atomic E-state index is 10.9. The molecule has 0 saturated carbocycles.